The Bertz CT molecular complexity index is 517. The third-order valence-electron chi connectivity index (χ3n) is 5.05. The van der Waals surface area contributed by atoms with Crippen molar-refractivity contribution in [2.45, 2.75) is 25.5 Å². The van der Waals surface area contributed by atoms with E-state index in [1.165, 1.54) is 4.88 Å². The van der Waals surface area contributed by atoms with Gasteiger partial charge in [0.25, 0.3) is 0 Å². The third-order valence-corrected chi connectivity index (χ3v) is 5.91. The van der Waals surface area contributed by atoms with Gasteiger partial charge >= 0.3 is 6.03 Å². The maximum absolute atomic E-state index is 12.0. The van der Waals surface area contributed by atoms with E-state index in [1.807, 2.05) is 11.3 Å². The van der Waals surface area contributed by atoms with Crippen LogP contribution in [0.15, 0.2) is 17.5 Å². The van der Waals surface area contributed by atoms with Crippen LogP contribution in [0.2, 0.25) is 0 Å². The third kappa shape index (κ3) is 6.26. The predicted molar refractivity (Wildman–Crippen MR) is 101 cm³/mol. The number of hydrogen-bond acceptors (Lipinski definition) is 5. The molecule has 1 aromatic rings. The van der Waals surface area contributed by atoms with Crippen LogP contribution in [0.1, 0.15) is 17.7 Å². The van der Waals surface area contributed by atoms with Crippen molar-refractivity contribution in [1.29, 1.82) is 0 Å². The van der Waals surface area contributed by atoms with Crippen LogP contribution in [0.25, 0.3) is 0 Å². The van der Waals surface area contributed by atoms with Crippen molar-refractivity contribution in [2.75, 3.05) is 52.9 Å². The summed E-state index contributed by atoms with van der Waals surface area (Å²) in [5, 5.41) is 8.11. The first-order chi connectivity index (χ1) is 12.2. The zero-order valence-electron chi connectivity index (χ0n) is 15.1. The first-order valence-corrected chi connectivity index (χ1v) is 10.1. The largest absolute Gasteiger partial charge is 0.374 e. The first-order valence-electron chi connectivity index (χ1n) is 9.25. The van der Waals surface area contributed by atoms with Crippen LogP contribution < -0.4 is 10.6 Å². The van der Waals surface area contributed by atoms with E-state index < -0.39 is 0 Å². The number of amides is 2. The lowest BCUT2D eigenvalue weighted by Gasteiger charge is -2.32. The Balaban J connectivity index is 1.27. The number of morpholine rings is 1. The highest BCUT2D eigenvalue weighted by atomic mass is 32.1. The van der Waals surface area contributed by atoms with Crippen molar-refractivity contribution in [3.05, 3.63) is 22.4 Å². The molecule has 6 nitrogen and oxygen atoms in total. The molecule has 0 radical (unpaired) electrons. The van der Waals surface area contributed by atoms with Crippen LogP contribution in [0.3, 0.4) is 0 Å². The second kappa shape index (κ2) is 9.52. The molecule has 25 heavy (non-hydrogen) atoms. The molecule has 1 unspecified atom stereocenters. The summed E-state index contributed by atoms with van der Waals surface area (Å²) in [4.78, 5) is 18.2. The minimum absolute atomic E-state index is 0.0714. The number of nitrogens with one attached hydrogen (secondary N) is 2. The Kier molecular flexibility index (Phi) is 7.10. The van der Waals surface area contributed by atoms with Gasteiger partial charge in [-0.3, -0.25) is 4.90 Å². The molecule has 7 heteroatoms. The molecule has 1 aromatic heterocycles. The molecular formula is C18H30N4O2S. The fourth-order valence-corrected chi connectivity index (χ4v) is 4.21. The van der Waals surface area contributed by atoms with Crippen LogP contribution in [0, 0.1) is 5.92 Å². The molecule has 2 aliphatic heterocycles. The van der Waals surface area contributed by atoms with Crippen molar-refractivity contribution in [2.24, 2.45) is 5.92 Å². The highest BCUT2D eigenvalue weighted by molar-refractivity contribution is 7.09. The number of likely N-dealkylation sites (N-methyl/N-ethyl adjacent to an activating group) is 1. The Morgan fingerprint density at radius 1 is 1.28 bits per heavy atom. The molecule has 0 saturated carbocycles. The van der Waals surface area contributed by atoms with Gasteiger partial charge in [0, 0.05) is 37.6 Å². The van der Waals surface area contributed by atoms with Crippen LogP contribution in [0.5, 0.6) is 0 Å². The molecular weight excluding hydrogens is 336 g/mol. The van der Waals surface area contributed by atoms with Crippen molar-refractivity contribution in [1.82, 2.24) is 20.4 Å². The Labute approximate surface area is 154 Å². The molecule has 0 spiro atoms. The standard InChI is InChI=1S/C18H30N4O2S/c1-21-8-9-24-16(13-21)12-20-18(23)19-11-15-4-6-22(7-5-15)14-17-3-2-10-25-17/h2-3,10,15-16H,4-9,11-14H2,1H3,(H2,19,20,23). The minimum Gasteiger partial charge on any atom is -0.374 e. The Morgan fingerprint density at radius 2 is 2.08 bits per heavy atom. The van der Waals surface area contributed by atoms with Crippen molar-refractivity contribution in [3.63, 3.8) is 0 Å². The summed E-state index contributed by atoms with van der Waals surface area (Å²) in [7, 11) is 2.08. The van der Waals surface area contributed by atoms with Gasteiger partial charge in [-0.15, -0.1) is 11.3 Å². The SMILES string of the molecule is CN1CCOC(CNC(=O)NCC2CCN(Cc3cccs3)CC2)C1. The van der Waals surface area contributed by atoms with E-state index in [2.05, 4.69) is 45.0 Å². The molecule has 2 saturated heterocycles. The number of carbonyl (C=O) groups is 1. The van der Waals surface area contributed by atoms with E-state index in [-0.39, 0.29) is 12.1 Å². The van der Waals surface area contributed by atoms with Gasteiger partial charge in [0.05, 0.1) is 12.7 Å². The van der Waals surface area contributed by atoms with E-state index in [4.69, 9.17) is 4.74 Å². The summed E-state index contributed by atoms with van der Waals surface area (Å²) in [6, 6.07) is 4.25. The van der Waals surface area contributed by atoms with E-state index in [0.717, 1.165) is 58.7 Å². The van der Waals surface area contributed by atoms with E-state index in [0.29, 0.717) is 12.5 Å². The number of piperidine rings is 1. The molecule has 2 aliphatic rings. The van der Waals surface area contributed by atoms with Gasteiger partial charge in [0.2, 0.25) is 0 Å². The summed E-state index contributed by atoms with van der Waals surface area (Å²) in [5.41, 5.74) is 0. The number of rotatable bonds is 6. The highest BCUT2D eigenvalue weighted by Crippen LogP contribution is 2.20. The number of ether oxygens (including phenoxy) is 1. The van der Waals surface area contributed by atoms with Gasteiger partial charge in [-0.1, -0.05) is 6.07 Å². The summed E-state index contributed by atoms with van der Waals surface area (Å²) in [6.07, 6.45) is 2.41. The summed E-state index contributed by atoms with van der Waals surface area (Å²) in [5.74, 6) is 0.586. The molecule has 1 atom stereocenters. The average molecular weight is 367 g/mol. The van der Waals surface area contributed by atoms with Gasteiger partial charge in [-0.25, -0.2) is 4.79 Å². The number of urea groups is 1. The quantitative estimate of drug-likeness (QED) is 0.803. The first kappa shape index (κ1) is 18.6. The number of hydrogen-bond donors (Lipinski definition) is 2. The van der Waals surface area contributed by atoms with Crippen molar-refractivity contribution in [3.8, 4) is 0 Å². The molecule has 2 fully saturated rings. The summed E-state index contributed by atoms with van der Waals surface area (Å²) in [6.45, 7) is 7.24. The number of likely N-dealkylation sites (tertiary alicyclic amines) is 1. The Morgan fingerprint density at radius 3 is 2.80 bits per heavy atom. The molecule has 3 rings (SSSR count). The molecule has 2 N–H and O–H groups in total. The fraction of sp³-hybridized carbons (Fsp3) is 0.722. The lowest BCUT2D eigenvalue weighted by atomic mass is 9.97. The topological polar surface area (TPSA) is 56.8 Å². The smallest absolute Gasteiger partial charge is 0.314 e. The van der Waals surface area contributed by atoms with Crippen molar-refractivity contribution < 1.29 is 9.53 Å². The second-order valence-electron chi connectivity index (χ2n) is 7.14. The van der Waals surface area contributed by atoms with E-state index in [1.54, 1.807) is 0 Å². The predicted octanol–water partition coefficient (Wildman–Crippen LogP) is 1.59. The lowest BCUT2D eigenvalue weighted by Crippen LogP contribution is -2.48. The summed E-state index contributed by atoms with van der Waals surface area (Å²) >= 11 is 1.83. The molecule has 0 bridgehead atoms. The van der Waals surface area contributed by atoms with Crippen molar-refractivity contribution >= 4 is 17.4 Å². The maximum atomic E-state index is 12.0. The summed E-state index contributed by atoms with van der Waals surface area (Å²) < 4.78 is 5.66. The average Bonchev–Trinajstić information content (AvgIpc) is 3.12. The normalized spacial score (nSPS) is 23.5. The highest BCUT2D eigenvalue weighted by Gasteiger charge is 2.21. The molecule has 0 aliphatic carbocycles. The number of thiophene rings is 1. The van der Waals surface area contributed by atoms with Gasteiger partial charge in [0.15, 0.2) is 0 Å². The van der Waals surface area contributed by atoms with Crippen LogP contribution >= 0.6 is 11.3 Å². The lowest BCUT2D eigenvalue weighted by molar-refractivity contribution is -0.0167. The van der Waals surface area contributed by atoms with Gasteiger partial charge in [0.1, 0.15) is 0 Å². The van der Waals surface area contributed by atoms with Crippen LogP contribution in [-0.2, 0) is 11.3 Å². The second-order valence-corrected chi connectivity index (χ2v) is 8.18. The van der Waals surface area contributed by atoms with Gasteiger partial charge < -0.3 is 20.3 Å². The molecule has 3 heterocycles. The zero-order chi connectivity index (χ0) is 17.5. The zero-order valence-corrected chi connectivity index (χ0v) is 15.9. The van der Waals surface area contributed by atoms with Crippen LogP contribution in [-0.4, -0.2) is 74.9 Å². The van der Waals surface area contributed by atoms with E-state index in [9.17, 15) is 4.79 Å². The van der Waals surface area contributed by atoms with Gasteiger partial charge in [-0.05, 0) is 50.3 Å². The molecule has 140 valence electrons. The number of carbonyl (C=O) groups excluding carboxylic acids is 1. The fourth-order valence-electron chi connectivity index (χ4n) is 3.47. The molecule has 0 aromatic carbocycles. The monoisotopic (exact) mass is 366 g/mol. The molecule has 2 amide bonds. The van der Waals surface area contributed by atoms with Gasteiger partial charge in [-0.2, -0.15) is 0 Å². The minimum atomic E-state index is -0.0714. The Hall–Kier alpha value is -1.15. The maximum Gasteiger partial charge on any atom is 0.314 e. The van der Waals surface area contributed by atoms with E-state index >= 15 is 0 Å². The van der Waals surface area contributed by atoms with Crippen LogP contribution in [0.4, 0.5) is 4.79 Å². The number of nitrogens with zero attached hydrogens (tertiary/aromatic N) is 2.